The molecule has 5 aliphatic rings. The van der Waals surface area contributed by atoms with Gasteiger partial charge in [-0.15, -0.1) is 0 Å². The maximum Gasteiger partial charge on any atom is 0.344 e. The first-order chi connectivity index (χ1) is 85.3. The highest BCUT2D eigenvalue weighted by atomic mass is 16.6. The van der Waals surface area contributed by atoms with E-state index in [1.165, 1.54) is 41.3 Å². The van der Waals surface area contributed by atoms with Gasteiger partial charge >= 0.3 is 29.8 Å². The Balaban J connectivity index is 0.000000407. The molecule has 5 unspecified atom stereocenters. The lowest BCUT2D eigenvalue weighted by Gasteiger charge is -2.36. The number of carbonyl (C=O) groups excluding carboxylic acids is 5. The Bertz CT molecular complexity index is 6980. The van der Waals surface area contributed by atoms with Crippen molar-refractivity contribution in [3.63, 3.8) is 0 Å². The molecule has 5 N–H and O–H groups in total. The van der Waals surface area contributed by atoms with Gasteiger partial charge in [0.15, 0.2) is 61.0 Å². The summed E-state index contributed by atoms with van der Waals surface area (Å²) in [5, 5.41) is 58.7. The van der Waals surface area contributed by atoms with Crippen molar-refractivity contribution in [1.29, 1.82) is 0 Å². The van der Waals surface area contributed by atoms with E-state index in [9.17, 15) is 49.5 Å². The summed E-state index contributed by atoms with van der Waals surface area (Å²) >= 11 is 0. The molecule has 5 aromatic rings. The molecule has 20 nitrogen and oxygen atoms in total. The van der Waals surface area contributed by atoms with Crippen LogP contribution in [0.4, 0.5) is 0 Å². The zero-order valence-corrected chi connectivity index (χ0v) is 76.1. The molecular weight excluding hydrogens is 1660 g/mol. The first-order valence-electron chi connectivity index (χ1n) is 71.0. The lowest BCUT2D eigenvalue weighted by atomic mass is 9.73. The van der Waals surface area contributed by atoms with E-state index in [1.807, 2.05) is 71.3 Å². The van der Waals surface area contributed by atoms with Gasteiger partial charge in [0.05, 0.1) is 46.4 Å². The number of carbonyl (C=O) groups is 5. The second-order valence-electron chi connectivity index (χ2n) is 28.8. The van der Waals surface area contributed by atoms with E-state index in [2.05, 4.69) is 64.1 Å². The summed E-state index contributed by atoms with van der Waals surface area (Å²) < 4.78 is 469. The van der Waals surface area contributed by atoms with E-state index in [1.54, 1.807) is 24.3 Å². The van der Waals surface area contributed by atoms with Gasteiger partial charge in [-0.05, 0) is 157 Å². The molecule has 5 fully saturated rings. The van der Waals surface area contributed by atoms with Crippen molar-refractivity contribution >= 4 is 29.8 Å². The van der Waals surface area contributed by atoms with E-state index in [0.717, 1.165) is 93.6 Å². The maximum absolute atomic E-state index is 13.7. The van der Waals surface area contributed by atoms with Crippen molar-refractivity contribution < 1.29 is 149 Å². The number of benzene rings is 5. The molecule has 132 heavy (non-hydrogen) atoms. The predicted molar refractivity (Wildman–Crippen MR) is 529 cm³/mol. The smallest absolute Gasteiger partial charge is 0.344 e. The average molecular weight is 1870 g/mol. The van der Waals surface area contributed by atoms with Crippen molar-refractivity contribution in [2.75, 3.05) is 131 Å². The van der Waals surface area contributed by atoms with Gasteiger partial charge < -0.3 is 49.2 Å². The van der Waals surface area contributed by atoms with Crippen LogP contribution in [0.5, 0.6) is 0 Å². The highest BCUT2D eigenvalue weighted by Gasteiger charge is 2.52. The van der Waals surface area contributed by atoms with Crippen LogP contribution in [0.15, 0.2) is 151 Å². The first kappa shape index (κ1) is 55.2. The van der Waals surface area contributed by atoms with Crippen LogP contribution in [0, 0.1) is 88.7 Å². The Hall–Kier alpha value is -9.15. The molecule has 0 radical (unpaired) electrons. The molecule has 5 saturated carbocycles. The Kier molecular flexibility index (Phi) is 27.0. The molecule has 0 heterocycles. The fourth-order valence-corrected chi connectivity index (χ4v) is 13.1. The van der Waals surface area contributed by atoms with E-state index >= 15 is 0 Å². The van der Waals surface area contributed by atoms with Gasteiger partial charge in [-0.3, -0.25) is 24.5 Å². The highest BCUT2D eigenvalue weighted by Crippen LogP contribution is 2.46. The molecule has 10 rings (SSSR count). The zero-order valence-electron chi connectivity index (χ0n) is 131. The Labute approximate surface area is 871 Å². The summed E-state index contributed by atoms with van der Waals surface area (Å²) in [4.78, 5) is 74.8. The van der Waals surface area contributed by atoms with E-state index in [-0.39, 0.29) is 32.2 Å². The van der Waals surface area contributed by atoms with Crippen LogP contribution < -0.4 is 0 Å². The zero-order chi connectivity index (χ0) is 145. The number of nitrogens with zero attached hydrogens (tertiary/aromatic N) is 5. The van der Waals surface area contributed by atoms with Gasteiger partial charge in [0, 0.05) is 91.2 Å². The number of hydrogen-bond acceptors (Lipinski definition) is 20. The van der Waals surface area contributed by atoms with E-state index in [0.29, 0.717) is 57.7 Å². The van der Waals surface area contributed by atoms with Crippen molar-refractivity contribution in [2.24, 2.45) is 29.5 Å². The highest BCUT2D eigenvalue weighted by molar-refractivity contribution is 5.84. The van der Waals surface area contributed by atoms with Gasteiger partial charge in [0.1, 0.15) is 0 Å². The third kappa shape index (κ3) is 35.6. The average Bonchev–Trinajstić information content (AvgIpc) is 0.648. The van der Waals surface area contributed by atoms with Crippen LogP contribution in [-0.4, -0.2) is 211 Å². The predicted octanol–water partition coefficient (Wildman–Crippen LogP) is 17.7. The molecule has 0 saturated heterocycles. The minimum atomic E-state index is -4.49. The van der Waals surface area contributed by atoms with E-state index in [4.69, 9.17) is 99.1 Å². The Morgan fingerprint density at radius 3 is 0.773 bits per heavy atom. The van der Waals surface area contributed by atoms with Crippen molar-refractivity contribution in [3.05, 3.63) is 179 Å². The molecule has 724 valence electrons. The summed E-state index contributed by atoms with van der Waals surface area (Å²) in [5.74, 6) is 4.85. The van der Waals surface area contributed by atoms with Gasteiger partial charge in [0.2, 0.25) is 0 Å². The number of rotatable bonds is 35. The fraction of sp³-hybridized carbons (Fsp3) is 0.598. The molecule has 0 aromatic heterocycles. The van der Waals surface area contributed by atoms with Crippen molar-refractivity contribution in [2.45, 2.75) is 271 Å². The van der Waals surface area contributed by atoms with Crippen LogP contribution >= 0.6 is 0 Å². The normalized spacial score (nSPS) is 29.9. The summed E-state index contributed by atoms with van der Waals surface area (Å²) in [6, 6.07) is 11.4. The van der Waals surface area contributed by atoms with Crippen LogP contribution in [0.2, 0.25) is 0 Å². The summed E-state index contributed by atoms with van der Waals surface area (Å²) in [5.41, 5.74) is -18.6. The number of hydrogen-bond donors (Lipinski definition) is 5. The van der Waals surface area contributed by atoms with Gasteiger partial charge in [-0.1, -0.05) is 389 Å². The summed E-state index contributed by atoms with van der Waals surface area (Å²) in [6.07, 6.45) is -52.7. The van der Waals surface area contributed by atoms with Crippen molar-refractivity contribution in [3.8, 4) is 59.2 Å². The number of aliphatic hydroxyl groups is 5. The first-order valence-corrected chi connectivity index (χ1v) is 43.5. The lowest BCUT2D eigenvalue weighted by Crippen LogP contribution is -2.45. The Morgan fingerprint density at radius 2 is 0.530 bits per heavy atom. The van der Waals surface area contributed by atoms with Crippen LogP contribution in [0.3, 0.4) is 0 Å². The number of esters is 5. The molecule has 0 aliphatic heterocycles. The maximum atomic E-state index is 13.7. The molecule has 0 spiro atoms. The van der Waals surface area contributed by atoms with Crippen LogP contribution in [0.1, 0.15) is 346 Å². The number of ether oxygens (including phenoxy) is 5. The SMILES string of the molecule is CC.[2H]C([2H])([2H])CN(CC#CCOC(=O)C(O)(c1ccccc1)C1([2H])C([2H])([2H])C([2H])([2H])C([2H])([2H])C([2H])([2H])C1([2H])[2H])CC([2H])([2H])[2H].[2H]C([2H])([2H])CN(CC#CCOC(=O)C(O)(c1ccccc1)C1CCCCC1)CC([2H])([2H])[2H].[2H]C1([2H])C([2H])([2H])C([2H])([2H])C([2H])(C(O)(C(=O)OCC#CCN(CC)CC)c2ccccc2)C([2H])([2H])C1([2H])[2H].[2H]c1c([2H])c([2H])c(C(O)(C(=O)OCC#CCN(CC)CC)C2([2H])C([2H])([2H])C([2H])([2H])C([2H])([2H])C([2H])([2H])C2([2H])[2H])c([2H])c1[2H].[2H]c1c([2H])c([2H])c(C(O)(C(=O)OCC#CCN(CC)CC)C2CCCCC2)c([2H])c1[2H]. The second-order valence-corrected chi connectivity index (χ2v) is 28.8. The summed E-state index contributed by atoms with van der Waals surface area (Å²) in [6.45, 7) is 5.70. The quantitative estimate of drug-likeness (QED) is 0.0144. The standard InChI is InChI=1S/5C22H31NO3.C2H6/c5*1-3-23(4-2)17-11-12-18-26-21(24)22(25,19-13-7-5-8-14-19)20-15-9-6-10-16-20;1-2/h5*5,7-8,13-14,20,25H,3-4,6,9-10,15-18H2,1-2H3;1-2H3/i5D,6D2,7D,8D,9D2,10D2,13D,14D,15D2,16D2,20D;1D3,2D3,6D2,9D2,10D2,15D2,16D2,20D;6D2,9D2,10D2,15D2,16D2,20D;5D,7D,8D,13D,14D;1D3,2D3;. The monoisotopic (exact) mass is 1870 g/mol. The van der Waals surface area contributed by atoms with E-state index < -0.39 is 340 Å². The molecule has 5 atom stereocenters. The molecule has 5 aliphatic carbocycles. The topological polar surface area (TPSA) is 249 Å². The Morgan fingerprint density at radius 1 is 0.318 bits per heavy atom. The molecule has 5 aromatic carbocycles. The van der Waals surface area contributed by atoms with Gasteiger partial charge in [-0.2, -0.15) is 0 Å². The third-order valence-electron chi connectivity index (χ3n) is 20.9. The fourth-order valence-electron chi connectivity index (χ4n) is 13.1. The lowest BCUT2D eigenvalue weighted by molar-refractivity contribution is -0.174. The van der Waals surface area contributed by atoms with Gasteiger partial charge in [-0.25, -0.2) is 24.0 Å². The largest absolute Gasteiger partial charge is 0.450 e. The molecule has 0 bridgehead atoms. The minimum Gasteiger partial charge on any atom is -0.450 e. The molecule has 20 heteroatoms. The molecular formula is C112H161N5O15. The van der Waals surface area contributed by atoms with Gasteiger partial charge in [0.25, 0.3) is 0 Å². The van der Waals surface area contributed by atoms with Crippen molar-refractivity contribution in [1.82, 2.24) is 24.5 Å². The third-order valence-corrected chi connectivity index (χ3v) is 20.9. The van der Waals surface area contributed by atoms with Crippen LogP contribution in [-0.2, 0) is 75.7 Å². The molecule has 0 amide bonds. The second kappa shape index (κ2) is 64.7. The minimum absolute atomic E-state index is 0.0834. The summed E-state index contributed by atoms with van der Waals surface area (Å²) in [7, 11) is 0. The van der Waals surface area contributed by atoms with Crippen LogP contribution in [0.25, 0.3) is 0 Å².